The van der Waals surface area contributed by atoms with Gasteiger partial charge in [-0.2, -0.15) is 0 Å². The maximum Gasteiger partial charge on any atom is 0.337 e. The number of ether oxygens (including phenoxy) is 3. The zero-order chi connectivity index (χ0) is 21.6. The molecule has 2 aromatic rings. The molecule has 9 nitrogen and oxygen atoms in total. The number of hydrogen-bond donors (Lipinski definition) is 1. The first-order valence-corrected chi connectivity index (χ1v) is 10.2. The Kier molecular flexibility index (Phi) is 7.05. The van der Waals surface area contributed by atoms with Crippen LogP contribution in [-0.2, 0) is 19.6 Å². The molecule has 0 radical (unpaired) electrons. The van der Waals surface area contributed by atoms with Crippen LogP contribution in [0.15, 0.2) is 42.5 Å². The second-order valence-corrected chi connectivity index (χ2v) is 7.83. The molecule has 0 aliphatic rings. The van der Waals surface area contributed by atoms with Crippen LogP contribution in [0.4, 0.5) is 11.4 Å². The Hall–Kier alpha value is -3.27. The predicted octanol–water partition coefficient (Wildman–Crippen LogP) is 1.90. The van der Waals surface area contributed by atoms with Gasteiger partial charge in [0, 0.05) is 11.8 Å². The second kappa shape index (κ2) is 9.28. The fraction of sp³-hybridized carbons (Fsp3) is 0.263. The molecule has 0 atom stereocenters. The van der Waals surface area contributed by atoms with E-state index < -0.39 is 28.4 Å². The maximum atomic E-state index is 12.5. The lowest BCUT2D eigenvalue weighted by Gasteiger charge is -2.24. The molecule has 0 unspecified atom stereocenters. The van der Waals surface area contributed by atoms with Crippen molar-refractivity contribution in [1.82, 2.24) is 0 Å². The molecule has 0 saturated heterocycles. The quantitative estimate of drug-likeness (QED) is 0.647. The Morgan fingerprint density at radius 3 is 2.34 bits per heavy atom. The van der Waals surface area contributed by atoms with E-state index >= 15 is 0 Å². The van der Waals surface area contributed by atoms with Crippen molar-refractivity contribution in [3.05, 3.63) is 48.0 Å². The molecule has 2 rings (SSSR count). The van der Waals surface area contributed by atoms with Gasteiger partial charge >= 0.3 is 5.97 Å². The van der Waals surface area contributed by atoms with Crippen LogP contribution >= 0.6 is 0 Å². The first kappa shape index (κ1) is 22.0. The number of esters is 1. The molecule has 0 saturated carbocycles. The van der Waals surface area contributed by atoms with E-state index in [9.17, 15) is 18.0 Å². The van der Waals surface area contributed by atoms with Gasteiger partial charge in [0.25, 0.3) is 0 Å². The highest BCUT2D eigenvalue weighted by molar-refractivity contribution is 7.92. The van der Waals surface area contributed by atoms with Gasteiger partial charge in [-0.05, 0) is 30.3 Å². The molecule has 1 amide bonds. The molecule has 0 spiro atoms. The fourth-order valence-electron chi connectivity index (χ4n) is 2.54. The molecule has 0 aromatic heterocycles. The van der Waals surface area contributed by atoms with E-state index in [0.717, 1.165) is 10.6 Å². The Bertz CT molecular complexity index is 1010. The van der Waals surface area contributed by atoms with Crippen molar-refractivity contribution in [1.29, 1.82) is 0 Å². The summed E-state index contributed by atoms with van der Waals surface area (Å²) in [4.78, 5) is 24.1. The Labute approximate surface area is 169 Å². The first-order valence-electron chi connectivity index (χ1n) is 8.37. The summed E-state index contributed by atoms with van der Waals surface area (Å²) in [6.07, 6.45) is 0.988. The van der Waals surface area contributed by atoms with Crippen molar-refractivity contribution < 1.29 is 32.2 Å². The molecule has 1 N–H and O–H groups in total. The number of nitrogens with one attached hydrogen (secondary N) is 1. The summed E-state index contributed by atoms with van der Waals surface area (Å²) in [5.41, 5.74) is 0.768. The number of amides is 1. The first-order chi connectivity index (χ1) is 13.7. The number of nitrogens with zero attached hydrogens (tertiary/aromatic N) is 1. The molecule has 2 aromatic carbocycles. The SMILES string of the molecule is COC(=O)c1cccc(NC(=O)CN(c2ccc(OC)cc2OC)S(C)(=O)=O)c1. The summed E-state index contributed by atoms with van der Waals surface area (Å²) in [5, 5.41) is 2.58. The molecule has 0 heterocycles. The van der Waals surface area contributed by atoms with E-state index in [1.165, 1.54) is 45.6 Å². The zero-order valence-corrected chi connectivity index (χ0v) is 17.3. The highest BCUT2D eigenvalue weighted by atomic mass is 32.2. The number of hydrogen-bond acceptors (Lipinski definition) is 7. The van der Waals surface area contributed by atoms with E-state index in [1.54, 1.807) is 18.2 Å². The topological polar surface area (TPSA) is 111 Å². The minimum Gasteiger partial charge on any atom is -0.497 e. The van der Waals surface area contributed by atoms with Crippen LogP contribution in [0, 0.1) is 0 Å². The van der Waals surface area contributed by atoms with E-state index in [-0.39, 0.29) is 17.0 Å². The highest BCUT2D eigenvalue weighted by Gasteiger charge is 2.24. The molecule has 29 heavy (non-hydrogen) atoms. The lowest BCUT2D eigenvalue weighted by Crippen LogP contribution is -2.37. The van der Waals surface area contributed by atoms with E-state index in [1.807, 2.05) is 0 Å². The van der Waals surface area contributed by atoms with Crippen LogP contribution in [0.1, 0.15) is 10.4 Å². The van der Waals surface area contributed by atoms with Gasteiger partial charge in [-0.1, -0.05) is 6.07 Å². The molecular weight excluding hydrogens is 400 g/mol. The molecule has 10 heteroatoms. The smallest absolute Gasteiger partial charge is 0.337 e. The summed E-state index contributed by atoms with van der Waals surface area (Å²) in [6.45, 7) is -0.496. The predicted molar refractivity (Wildman–Crippen MR) is 108 cm³/mol. The molecule has 0 bridgehead atoms. The Morgan fingerprint density at radius 1 is 1.03 bits per heavy atom. The van der Waals surface area contributed by atoms with Crippen molar-refractivity contribution in [2.75, 3.05) is 43.8 Å². The van der Waals surface area contributed by atoms with Crippen LogP contribution in [0.5, 0.6) is 11.5 Å². The van der Waals surface area contributed by atoms with Gasteiger partial charge in [-0.25, -0.2) is 13.2 Å². The molecule has 0 aliphatic heterocycles. The Balaban J connectivity index is 2.28. The average Bonchev–Trinajstić information content (AvgIpc) is 2.70. The van der Waals surface area contributed by atoms with Gasteiger partial charge in [0.05, 0.1) is 38.8 Å². The van der Waals surface area contributed by atoms with Gasteiger partial charge in [-0.15, -0.1) is 0 Å². The van der Waals surface area contributed by atoms with Gasteiger partial charge in [-0.3, -0.25) is 9.10 Å². The summed E-state index contributed by atoms with van der Waals surface area (Å²) in [5.74, 6) is -0.449. The van der Waals surface area contributed by atoms with Crippen molar-refractivity contribution in [2.24, 2.45) is 0 Å². The van der Waals surface area contributed by atoms with Crippen LogP contribution in [-0.4, -0.2) is 54.4 Å². The van der Waals surface area contributed by atoms with Crippen molar-refractivity contribution in [2.45, 2.75) is 0 Å². The van der Waals surface area contributed by atoms with E-state index in [2.05, 4.69) is 10.1 Å². The third-order valence-electron chi connectivity index (χ3n) is 3.91. The molecule has 0 aliphatic carbocycles. The van der Waals surface area contributed by atoms with Crippen molar-refractivity contribution >= 4 is 33.3 Å². The number of methoxy groups -OCH3 is 3. The largest absolute Gasteiger partial charge is 0.497 e. The summed E-state index contributed by atoms with van der Waals surface area (Å²) in [7, 11) is 0.301. The van der Waals surface area contributed by atoms with Crippen LogP contribution < -0.4 is 19.1 Å². The minimum absolute atomic E-state index is 0.189. The normalized spacial score (nSPS) is 10.8. The second-order valence-electron chi connectivity index (χ2n) is 5.93. The van der Waals surface area contributed by atoms with Crippen LogP contribution in [0.3, 0.4) is 0 Å². The monoisotopic (exact) mass is 422 g/mol. The molecule has 0 fully saturated rings. The minimum atomic E-state index is -3.81. The number of carbonyl (C=O) groups is 2. The van der Waals surface area contributed by atoms with Gasteiger partial charge in [0.1, 0.15) is 18.0 Å². The van der Waals surface area contributed by atoms with Crippen LogP contribution in [0.2, 0.25) is 0 Å². The standard InChI is InChI=1S/C19H22N2O7S/c1-26-15-8-9-16(17(11-15)27-2)21(29(4,24)25)12-18(22)20-14-7-5-6-13(10-14)19(23)28-3/h5-11H,12H2,1-4H3,(H,20,22). The van der Waals surface area contributed by atoms with Gasteiger partial charge in [0.2, 0.25) is 15.9 Å². The number of sulfonamides is 1. The fourth-order valence-corrected chi connectivity index (χ4v) is 3.40. The lowest BCUT2D eigenvalue weighted by molar-refractivity contribution is -0.114. The third-order valence-corrected chi connectivity index (χ3v) is 5.04. The number of rotatable bonds is 8. The lowest BCUT2D eigenvalue weighted by atomic mass is 10.2. The number of carbonyl (C=O) groups excluding carboxylic acids is 2. The van der Waals surface area contributed by atoms with Gasteiger partial charge in [0.15, 0.2) is 0 Å². The summed E-state index contributed by atoms with van der Waals surface area (Å²) in [6, 6.07) is 10.7. The van der Waals surface area contributed by atoms with Crippen molar-refractivity contribution in [3.8, 4) is 11.5 Å². The third kappa shape index (κ3) is 5.61. The van der Waals surface area contributed by atoms with E-state index in [0.29, 0.717) is 11.4 Å². The van der Waals surface area contributed by atoms with Gasteiger partial charge < -0.3 is 19.5 Å². The van der Waals surface area contributed by atoms with E-state index in [4.69, 9.17) is 9.47 Å². The molecular formula is C19H22N2O7S. The maximum absolute atomic E-state index is 12.5. The molecule has 156 valence electrons. The Morgan fingerprint density at radius 2 is 1.76 bits per heavy atom. The highest BCUT2D eigenvalue weighted by Crippen LogP contribution is 2.33. The average molecular weight is 422 g/mol. The zero-order valence-electron chi connectivity index (χ0n) is 16.5. The number of anilines is 2. The summed E-state index contributed by atoms with van der Waals surface area (Å²) >= 11 is 0. The number of benzene rings is 2. The van der Waals surface area contributed by atoms with Crippen molar-refractivity contribution in [3.63, 3.8) is 0 Å². The van der Waals surface area contributed by atoms with Crippen LogP contribution in [0.25, 0.3) is 0 Å². The summed E-state index contributed by atoms with van der Waals surface area (Å²) < 4.78 is 40.6.